The minimum absolute atomic E-state index is 0.292. The molecule has 1 fully saturated rings. The number of hydrogen-bond acceptors (Lipinski definition) is 3. The zero-order valence-corrected chi connectivity index (χ0v) is 15.7. The fourth-order valence-electron chi connectivity index (χ4n) is 2.77. The number of nitrogens with one attached hydrogen (secondary N) is 2. The van der Waals surface area contributed by atoms with Gasteiger partial charge in [0.25, 0.3) is 0 Å². The van der Waals surface area contributed by atoms with Crippen molar-refractivity contribution in [2.45, 2.75) is 26.7 Å². The Balaban J connectivity index is 1.75. The van der Waals surface area contributed by atoms with E-state index in [1.165, 1.54) is 7.11 Å². The van der Waals surface area contributed by atoms with Gasteiger partial charge in [0, 0.05) is 10.7 Å². The van der Waals surface area contributed by atoms with Crippen LogP contribution in [0.1, 0.15) is 24.0 Å². The number of anilines is 2. The Bertz CT molecular complexity index is 875. The number of amides is 2. The van der Waals surface area contributed by atoms with Gasteiger partial charge in [0.1, 0.15) is 11.2 Å². The molecule has 136 valence electrons. The highest BCUT2D eigenvalue weighted by atomic mass is 35.5. The van der Waals surface area contributed by atoms with E-state index in [1.54, 1.807) is 18.2 Å². The third-order valence-corrected chi connectivity index (χ3v) is 5.03. The van der Waals surface area contributed by atoms with Crippen molar-refractivity contribution < 1.29 is 14.3 Å². The summed E-state index contributed by atoms with van der Waals surface area (Å²) in [4.78, 5) is 25.5. The maximum absolute atomic E-state index is 12.8. The molecule has 26 heavy (non-hydrogen) atoms. The summed E-state index contributed by atoms with van der Waals surface area (Å²) in [5.41, 5.74) is 2.33. The van der Waals surface area contributed by atoms with E-state index in [4.69, 9.17) is 16.3 Å². The van der Waals surface area contributed by atoms with Gasteiger partial charge in [-0.15, -0.1) is 0 Å². The van der Waals surface area contributed by atoms with E-state index in [9.17, 15) is 9.59 Å². The molecule has 0 atom stereocenters. The van der Waals surface area contributed by atoms with Gasteiger partial charge >= 0.3 is 0 Å². The van der Waals surface area contributed by atoms with Gasteiger partial charge in [-0.1, -0.05) is 17.7 Å². The van der Waals surface area contributed by atoms with Crippen molar-refractivity contribution in [1.29, 1.82) is 0 Å². The van der Waals surface area contributed by atoms with E-state index >= 15 is 0 Å². The molecule has 0 aromatic heterocycles. The first-order chi connectivity index (χ1) is 12.4. The van der Waals surface area contributed by atoms with Gasteiger partial charge < -0.3 is 15.4 Å². The van der Waals surface area contributed by atoms with Crippen LogP contribution in [0, 0.1) is 19.3 Å². The molecule has 5 nitrogen and oxygen atoms in total. The molecule has 0 spiro atoms. The largest absolute Gasteiger partial charge is 0.495 e. The quantitative estimate of drug-likeness (QED) is 0.768. The predicted molar refractivity (Wildman–Crippen MR) is 103 cm³/mol. The molecule has 1 aliphatic rings. The number of halogens is 1. The Hall–Kier alpha value is -2.53. The van der Waals surface area contributed by atoms with Crippen molar-refractivity contribution in [1.82, 2.24) is 0 Å². The summed E-state index contributed by atoms with van der Waals surface area (Å²) in [5, 5.41) is 6.12. The lowest BCUT2D eigenvalue weighted by Crippen LogP contribution is -2.35. The van der Waals surface area contributed by atoms with Crippen LogP contribution >= 0.6 is 11.6 Å². The number of carbonyl (C=O) groups is 2. The molecular formula is C20H21ClN2O3. The molecule has 0 aliphatic heterocycles. The maximum atomic E-state index is 12.8. The van der Waals surface area contributed by atoms with Crippen LogP contribution < -0.4 is 15.4 Å². The molecule has 2 aromatic carbocycles. The number of benzene rings is 2. The summed E-state index contributed by atoms with van der Waals surface area (Å²) >= 11 is 6.00. The van der Waals surface area contributed by atoms with Gasteiger partial charge in [-0.25, -0.2) is 0 Å². The summed E-state index contributed by atoms with van der Waals surface area (Å²) in [7, 11) is 1.51. The minimum Gasteiger partial charge on any atom is -0.495 e. The standard InChI is InChI=1S/C20H21ClN2O3/c1-12-4-6-15(10-13(12)2)22-18(24)20(8-9-20)19(25)23-16-11-14(21)5-7-17(16)26-3/h4-7,10-11H,8-9H2,1-3H3,(H,22,24)(H,23,25). The van der Waals surface area contributed by atoms with Gasteiger partial charge in [0.2, 0.25) is 11.8 Å². The SMILES string of the molecule is COc1ccc(Cl)cc1NC(=O)C1(C(=O)Nc2ccc(C)c(C)c2)CC1. The van der Waals surface area contributed by atoms with Crippen molar-refractivity contribution in [2.24, 2.45) is 5.41 Å². The molecule has 2 aromatic rings. The normalized spacial score (nSPS) is 14.5. The zero-order valence-electron chi connectivity index (χ0n) is 15.0. The first kappa shape index (κ1) is 18.3. The van der Waals surface area contributed by atoms with Crippen molar-refractivity contribution in [3.05, 3.63) is 52.5 Å². The molecule has 0 saturated heterocycles. The summed E-state index contributed by atoms with van der Waals surface area (Å²) in [6.07, 6.45) is 1.02. The van der Waals surface area contributed by atoms with Crippen LogP contribution in [-0.4, -0.2) is 18.9 Å². The second-order valence-corrected chi connectivity index (χ2v) is 7.07. The van der Waals surface area contributed by atoms with Crippen LogP contribution in [-0.2, 0) is 9.59 Å². The van der Waals surface area contributed by atoms with E-state index < -0.39 is 5.41 Å². The first-order valence-electron chi connectivity index (χ1n) is 8.39. The maximum Gasteiger partial charge on any atom is 0.240 e. The van der Waals surface area contributed by atoms with E-state index in [2.05, 4.69) is 10.6 Å². The van der Waals surface area contributed by atoms with Crippen LogP contribution in [0.5, 0.6) is 5.75 Å². The Kier molecular flexibility index (Phi) is 4.92. The number of carbonyl (C=O) groups excluding carboxylic acids is 2. The molecule has 0 unspecified atom stereocenters. The second-order valence-electron chi connectivity index (χ2n) is 6.63. The Morgan fingerprint density at radius 2 is 1.69 bits per heavy atom. The van der Waals surface area contributed by atoms with Gasteiger partial charge in [-0.2, -0.15) is 0 Å². The fraction of sp³-hybridized carbons (Fsp3) is 0.300. The van der Waals surface area contributed by atoms with Gasteiger partial charge in [0.05, 0.1) is 12.8 Å². The molecular weight excluding hydrogens is 352 g/mol. The molecule has 1 saturated carbocycles. The van der Waals surface area contributed by atoms with Crippen molar-refractivity contribution in [3.8, 4) is 5.75 Å². The molecule has 1 aliphatic carbocycles. The summed E-state index contributed by atoms with van der Waals surface area (Å²) in [6.45, 7) is 3.99. The third-order valence-electron chi connectivity index (χ3n) is 4.79. The number of hydrogen-bond donors (Lipinski definition) is 2. The number of ether oxygens (including phenoxy) is 1. The lowest BCUT2D eigenvalue weighted by molar-refractivity contribution is -0.131. The average molecular weight is 373 g/mol. The zero-order chi connectivity index (χ0) is 18.9. The van der Waals surface area contributed by atoms with Crippen LogP contribution in [0.4, 0.5) is 11.4 Å². The highest BCUT2D eigenvalue weighted by molar-refractivity contribution is 6.31. The highest BCUT2D eigenvalue weighted by Crippen LogP contribution is 2.48. The highest BCUT2D eigenvalue weighted by Gasteiger charge is 2.56. The molecule has 6 heteroatoms. The van der Waals surface area contributed by atoms with Crippen LogP contribution in [0.25, 0.3) is 0 Å². The lowest BCUT2D eigenvalue weighted by Gasteiger charge is -2.17. The first-order valence-corrected chi connectivity index (χ1v) is 8.77. The Labute approximate surface area is 157 Å². The molecule has 3 rings (SSSR count). The third kappa shape index (κ3) is 3.53. The van der Waals surface area contributed by atoms with E-state index in [1.807, 2.05) is 32.0 Å². The summed E-state index contributed by atoms with van der Waals surface area (Å²) < 4.78 is 5.24. The number of rotatable bonds is 5. The fourth-order valence-corrected chi connectivity index (χ4v) is 2.94. The molecule has 2 N–H and O–H groups in total. The van der Waals surface area contributed by atoms with Crippen molar-refractivity contribution >= 4 is 34.8 Å². The van der Waals surface area contributed by atoms with Crippen LogP contribution in [0.3, 0.4) is 0 Å². The Morgan fingerprint density at radius 1 is 1.00 bits per heavy atom. The predicted octanol–water partition coefficient (Wildman–Crippen LogP) is 4.32. The molecule has 0 bridgehead atoms. The number of aryl methyl sites for hydroxylation is 2. The topological polar surface area (TPSA) is 67.4 Å². The van der Waals surface area contributed by atoms with Gasteiger partial charge in [-0.05, 0) is 68.1 Å². The number of methoxy groups -OCH3 is 1. The van der Waals surface area contributed by atoms with Crippen LogP contribution in [0.15, 0.2) is 36.4 Å². The van der Waals surface area contributed by atoms with E-state index in [0.717, 1.165) is 11.1 Å². The second kappa shape index (κ2) is 7.00. The summed E-state index contributed by atoms with van der Waals surface area (Å²) in [5.74, 6) is -0.147. The smallest absolute Gasteiger partial charge is 0.240 e. The molecule has 0 heterocycles. The van der Waals surface area contributed by atoms with E-state index in [-0.39, 0.29) is 11.8 Å². The average Bonchev–Trinajstić information content (AvgIpc) is 3.40. The summed E-state index contributed by atoms with van der Waals surface area (Å²) in [6, 6.07) is 10.6. The monoisotopic (exact) mass is 372 g/mol. The Morgan fingerprint density at radius 3 is 2.31 bits per heavy atom. The minimum atomic E-state index is -1.05. The molecule has 2 amide bonds. The van der Waals surface area contributed by atoms with Crippen LogP contribution in [0.2, 0.25) is 5.02 Å². The lowest BCUT2D eigenvalue weighted by atomic mass is 10.0. The van der Waals surface area contributed by atoms with Crippen molar-refractivity contribution in [3.63, 3.8) is 0 Å². The van der Waals surface area contributed by atoms with Crippen molar-refractivity contribution in [2.75, 3.05) is 17.7 Å². The van der Waals surface area contributed by atoms with Gasteiger partial charge in [0.15, 0.2) is 0 Å². The van der Waals surface area contributed by atoms with Gasteiger partial charge in [-0.3, -0.25) is 9.59 Å². The van der Waals surface area contributed by atoms with E-state index in [0.29, 0.717) is 35.0 Å². The molecule has 0 radical (unpaired) electrons.